The summed E-state index contributed by atoms with van der Waals surface area (Å²) in [7, 11) is 1.60. The van der Waals surface area contributed by atoms with Crippen LogP contribution in [0, 0.1) is 0 Å². The SMILES string of the molecule is COCCN1C(=O)/C(=C/c2cc(C(C)(C)C)c(O)c(C(C)(C)C)c2)SC1=S. The van der Waals surface area contributed by atoms with Crippen LogP contribution >= 0.6 is 24.0 Å². The molecule has 6 heteroatoms. The number of thioether (sulfide) groups is 1. The summed E-state index contributed by atoms with van der Waals surface area (Å²) in [5.74, 6) is 0.240. The van der Waals surface area contributed by atoms with Gasteiger partial charge in [-0.3, -0.25) is 9.69 Å². The maximum atomic E-state index is 12.7. The van der Waals surface area contributed by atoms with Crippen molar-refractivity contribution in [2.75, 3.05) is 20.3 Å². The number of amides is 1. The average molecular weight is 408 g/mol. The summed E-state index contributed by atoms with van der Waals surface area (Å²) in [4.78, 5) is 14.9. The molecule has 0 saturated carbocycles. The Kier molecular flexibility index (Phi) is 6.44. The molecule has 1 N–H and O–H groups in total. The zero-order valence-corrected chi connectivity index (χ0v) is 18.8. The molecule has 1 heterocycles. The average Bonchev–Trinajstić information content (AvgIpc) is 2.78. The molecule has 0 aliphatic carbocycles. The summed E-state index contributed by atoms with van der Waals surface area (Å²) < 4.78 is 5.61. The molecular weight excluding hydrogens is 378 g/mol. The number of hydrogen-bond acceptors (Lipinski definition) is 5. The van der Waals surface area contributed by atoms with Gasteiger partial charge in [0.05, 0.1) is 18.1 Å². The normalized spacial score (nSPS) is 17.3. The molecule has 2 rings (SSSR count). The minimum atomic E-state index is -0.217. The van der Waals surface area contributed by atoms with E-state index in [2.05, 4.69) is 41.5 Å². The molecule has 0 radical (unpaired) electrons. The number of phenols is 1. The molecule has 1 fully saturated rings. The van der Waals surface area contributed by atoms with Crippen LogP contribution in [0.15, 0.2) is 17.0 Å². The smallest absolute Gasteiger partial charge is 0.266 e. The molecule has 0 unspecified atom stereocenters. The third-order valence-corrected chi connectivity index (χ3v) is 5.82. The molecule has 0 spiro atoms. The van der Waals surface area contributed by atoms with Crippen LogP contribution < -0.4 is 0 Å². The topological polar surface area (TPSA) is 49.8 Å². The van der Waals surface area contributed by atoms with E-state index in [1.807, 2.05) is 18.2 Å². The van der Waals surface area contributed by atoms with Crippen LogP contribution in [0.3, 0.4) is 0 Å². The second-order valence-electron chi connectivity index (χ2n) is 8.79. The Bertz CT molecular complexity index is 751. The molecule has 4 nitrogen and oxygen atoms in total. The molecular formula is C21H29NO3S2. The summed E-state index contributed by atoms with van der Waals surface area (Å²) >= 11 is 6.66. The van der Waals surface area contributed by atoms with E-state index in [0.29, 0.717) is 28.1 Å². The van der Waals surface area contributed by atoms with Crippen molar-refractivity contribution >= 4 is 40.3 Å². The lowest BCUT2D eigenvalue weighted by atomic mass is 9.78. The molecule has 1 aromatic rings. The Morgan fingerprint density at radius 3 is 2.11 bits per heavy atom. The van der Waals surface area contributed by atoms with Crippen LogP contribution in [-0.2, 0) is 20.4 Å². The molecule has 27 heavy (non-hydrogen) atoms. The van der Waals surface area contributed by atoms with Crippen molar-refractivity contribution in [1.82, 2.24) is 4.90 Å². The zero-order chi connectivity index (χ0) is 20.6. The van der Waals surface area contributed by atoms with Gasteiger partial charge in [0, 0.05) is 18.2 Å². The van der Waals surface area contributed by atoms with Gasteiger partial charge in [0.25, 0.3) is 5.91 Å². The van der Waals surface area contributed by atoms with Crippen molar-refractivity contribution in [2.24, 2.45) is 0 Å². The van der Waals surface area contributed by atoms with Gasteiger partial charge in [-0.2, -0.15) is 0 Å². The molecule has 0 bridgehead atoms. The second-order valence-corrected chi connectivity index (χ2v) is 10.5. The van der Waals surface area contributed by atoms with E-state index in [4.69, 9.17) is 17.0 Å². The van der Waals surface area contributed by atoms with Crippen molar-refractivity contribution < 1.29 is 14.6 Å². The first kappa shape index (κ1) is 21.9. The summed E-state index contributed by atoms with van der Waals surface area (Å²) in [6.45, 7) is 13.3. The van der Waals surface area contributed by atoms with Crippen molar-refractivity contribution in [2.45, 2.75) is 52.4 Å². The number of methoxy groups -OCH3 is 1. The highest BCUT2D eigenvalue weighted by Gasteiger charge is 2.32. The van der Waals surface area contributed by atoms with Crippen LogP contribution in [0.2, 0.25) is 0 Å². The van der Waals surface area contributed by atoms with E-state index in [0.717, 1.165) is 16.7 Å². The Balaban J connectivity index is 2.52. The van der Waals surface area contributed by atoms with E-state index in [-0.39, 0.29) is 16.7 Å². The molecule has 1 aromatic carbocycles. The van der Waals surface area contributed by atoms with Gasteiger partial charge < -0.3 is 9.84 Å². The number of aromatic hydroxyl groups is 1. The number of benzene rings is 1. The fourth-order valence-corrected chi connectivity index (χ4v) is 4.22. The second kappa shape index (κ2) is 7.94. The largest absolute Gasteiger partial charge is 0.507 e. The van der Waals surface area contributed by atoms with E-state index < -0.39 is 0 Å². The highest BCUT2D eigenvalue weighted by Crippen LogP contribution is 2.41. The van der Waals surface area contributed by atoms with Gasteiger partial charge in [-0.25, -0.2) is 0 Å². The van der Waals surface area contributed by atoms with E-state index >= 15 is 0 Å². The van der Waals surface area contributed by atoms with Crippen molar-refractivity contribution in [3.63, 3.8) is 0 Å². The Labute approximate surface area is 172 Å². The summed E-state index contributed by atoms with van der Waals surface area (Å²) in [5.41, 5.74) is 2.21. The number of thiocarbonyl (C=S) groups is 1. The fraction of sp³-hybridized carbons (Fsp3) is 0.524. The lowest BCUT2D eigenvalue weighted by molar-refractivity contribution is -0.122. The van der Waals surface area contributed by atoms with Crippen LogP contribution in [-0.4, -0.2) is 40.5 Å². The molecule has 1 aliphatic rings. The number of hydrogen-bond donors (Lipinski definition) is 1. The molecule has 0 aromatic heterocycles. The number of nitrogens with zero attached hydrogens (tertiary/aromatic N) is 1. The first-order valence-corrected chi connectivity index (χ1v) is 10.2. The molecule has 1 amide bonds. The number of ether oxygens (including phenoxy) is 1. The zero-order valence-electron chi connectivity index (χ0n) is 17.2. The molecule has 1 saturated heterocycles. The van der Waals surface area contributed by atoms with E-state index in [9.17, 15) is 9.90 Å². The minimum absolute atomic E-state index is 0.0928. The Hall–Kier alpha value is -1.37. The predicted octanol–water partition coefficient (Wildman–Crippen LogP) is 4.83. The lowest BCUT2D eigenvalue weighted by Gasteiger charge is -2.28. The monoisotopic (exact) mass is 407 g/mol. The molecule has 1 aliphatic heterocycles. The van der Waals surface area contributed by atoms with Crippen LogP contribution in [0.1, 0.15) is 58.2 Å². The minimum Gasteiger partial charge on any atom is -0.507 e. The lowest BCUT2D eigenvalue weighted by Crippen LogP contribution is -2.31. The van der Waals surface area contributed by atoms with Gasteiger partial charge in [0.1, 0.15) is 10.1 Å². The number of phenolic OH excluding ortho intramolecular Hbond substituents is 1. The first-order chi connectivity index (χ1) is 12.4. The van der Waals surface area contributed by atoms with Gasteiger partial charge in [0.2, 0.25) is 0 Å². The van der Waals surface area contributed by atoms with Gasteiger partial charge in [-0.05, 0) is 34.6 Å². The third-order valence-electron chi connectivity index (χ3n) is 4.44. The summed E-state index contributed by atoms with van der Waals surface area (Å²) in [6.07, 6.45) is 1.87. The Morgan fingerprint density at radius 1 is 1.15 bits per heavy atom. The van der Waals surface area contributed by atoms with Gasteiger partial charge >= 0.3 is 0 Å². The number of rotatable bonds is 4. The van der Waals surface area contributed by atoms with Crippen molar-refractivity contribution in [1.29, 1.82) is 0 Å². The number of carbonyl (C=O) groups excluding carboxylic acids is 1. The predicted molar refractivity (Wildman–Crippen MR) is 117 cm³/mol. The highest BCUT2D eigenvalue weighted by molar-refractivity contribution is 8.26. The highest BCUT2D eigenvalue weighted by atomic mass is 32.2. The maximum Gasteiger partial charge on any atom is 0.266 e. The quantitative estimate of drug-likeness (QED) is 0.572. The standard InChI is InChI=1S/C21H29NO3S2/c1-20(2,3)14-10-13(11-15(17(14)23)21(4,5)6)12-16-18(24)22(8-9-25-7)19(26)27-16/h10-12,23H,8-9H2,1-7H3/b16-12-. The first-order valence-electron chi connectivity index (χ1n) is 8.98. The van der Waals surface area contributed by atoms with Crippen LogP contribution in [0.25, 0.3) is 6.08 Å². The van der Waals surface area contributed by atoms with E-state index in [1.54, 1.807) is 12.0 Å². The third kappa shape index (κ3) is 4.92. The number of carbonyl (C=O) groups is 1. The summed E-state index contributed by atoms with van der Waals surface area (Å²) in [6, 6.07) is 3.93. The van der Waals surface area contributed by atoms with Crippen LogP contribution in [0.5, 0.6) is 5.75 Å². The van der Waals surface area contributed by atoms with Gasteiger partial charge in [-0.1, -0.05) is 65.5 Å². The fourth-order valence-electron chi connectivity index (χ4n) is 2.91. The Morgan fingerprint density at radius 2 is 1.67 bits per heavy atom. The summed E-state index contributed by atoms with van der Waals surface area (Å²) in [5, 5.41) is 10.8. The van der Waals surface area contributed by atoms with Gasteiger partial charge in [0.15, 0.2) is 0 Å². The molecule has 0 atom stereocenters. The van der Waals surface area contributed by atoms with Crippen molar-refractivity contribution in [3.8, 4) is 5.75 Å². The van der Waals surface area contributed by atoms with E-state index in [1.165, 1.54) is 11.8 Å². The van der Waals surface area contributed by atoms with Gasteiger partial charge in [-0.15, -0.1) is 0 Å². The maximum absolute atomic E-state index is 12.7. The van der Waals surface area contributed by atoms with Crippen LogP contribution in [0.4, 0.5) is 0 Å². The van der Waals surface area contributed by atoms with Crippen molar-refractivity contribution in [3.05, 3.63) is 33.7 Å². The molecule has 148 valence electrons.